The minimum Gasteiger partial charge on any atom is -0.491 e. The van der Waals surface area contributed by atoms with Gasteiger partial charge in [0.1, 0.15) is 5.75 Å². The van der Waals surface area contributed by atoms with Gasteiger partial charge in [0.25, 0.3) is 5.91 Å². The third-order valence-corrected chi connectivity index (χ3v) is 4.15. The zero-order valence-electron chi connectivity index (χ0n) is 15.8. The standard InChI is InChI=1S/C23H22N2O2S/c1-16(2)27-21-13-11-18(12-14-21)22(26)25-23(28)24-20-10-6-9-19(15-20)17-7-4-3-5-8-17/h3-16H,1-2H3,(H2,24,25,26,28). The number of rotatable bonds is 5. The topological polar surface area (TPSA) is 50.4 Å². The molecule has 0 spiro atoms. The molecule has 0 fully saturated rings. The highest BCUT2D eigenvalue weighted by molar-refractivity contribution is 7.80. The number of nitrogens with one attached hydrogen (secondary N) is 2. The van der Waals surface area contributed by atoms with Crippen LogP contribution in [0.15, 0.2) is 78.9 Å². The molecule has 5 heteroatoms. The highest BCUT2D eigenvalue weighted by Gasteiger charge is 2.09. The monoisotopic (exact) mass is 390 g/mol. The Bertz CT molecular complexity index is 954. The molecule has 0 saturated heterocycles. The molecule has 2 N–H and O–H groups in total. The van der Waals surface area contributed by atoms with Gasteiger partial charge in [0.15, 0.2) is 5.11 Å². The van der Waals surface area contributed by atoms with Gasteiger partial charge in [-0.25, -0.2) is 0 Å². The van der Waals surface area contributed by atoms with Crippen LogP contribution in [0.1, 0.15) is 24.2 Å². The Balaban J connectivity index is 1.62. The molecule has 3 aromatic rings. The minimum atomic E-state index is -0.271. The van der Waals surface area contributed by atoms with Crippen LogP contribution in [0.2, 0.25) is 0 Å². The normalized spacial score (nSPS) is 10.4. The number of amides is 1. The van der Waals surface area contributed by atoms with Crippen LogP contribution < -0.4 is 15.4 Å². The van der Waals surface area contributed by atoms with E-state index >= 15 is 0 Å². The summed E-state index contributed by atoms with van der Waals surface area (Å²) >= 11 is 5.29. The Hall–Kier alpha value is -3.18. The molecular formula is C23H22N2O2S. The van der Waals surface area contributed by atoms with E-state index in [9.17, 15) is 4.79 Å². The van der Waals surface area contributed by atoms with Gasteiger partial charge in [-0.1, -0.05) is 42.5 Å². The zero-order valence-corrected chi connectivity index (χ0v) is 16.6. The van der Waals surface area contributed by atoms with Gasteiger partial charge < -0.3 is 10.1 Å². The first-order valence-corrected chi connectivity index (χ1v) is 9.46. The fourth-order valence-electron chi connectivity index (χ4n) is 2.70. The average Bonchev–Trinajstić information content (AvgIpc) is 2.69. The van der Waals surface area contributed by atoms with E-state index in [0.29, 0.717) is 5.56 Å². The summed E-state index contributed by atoms with van der Waals surface area (Å²) in [4.78, 5) is 12.4. The number of carbonyl (C=O) groups is 1. The second-order valence-electron chi connectivity index (χ2n) is 6.55. The van der Waals surface area contributed by atoms with Gasteiger partial charge in [-0.15, -0.1) is 0 Å². The Morgan fingerprint density at radius 1 is 0.893 bits per heavy atom. The molecule has 1 amide bonds. The van der Waals surface area contributed by atoms with E-state index < -0.39 is 0 Å². The first-order valence-electron chi connectivity index (χ1n) is 9.06. The van der Waals surface area contributed by atoms with Crippen molar-refractivity contribution in [1.29, 1.82) is 0 Å². The molecule has 0 heterocycles. The maximum atomic E-state index is 12.4. The van der Waals surface area contributed by atoms with Crippen molar-refractivity contribution in [3.63, 3.8) is 0 Å². The van der Waals surface area contributed by atoms with Gasteiger partial charge in [-0.2, -0.15) is 0 Å². The third kappa shape index (κ3) is 5.41. The Labute approximate surface area is 170 Å². The lowest BCUT2D eigenvalue weighted by atomic mass is 10.1. The molecule has 0 radical (unpaired) electrons. The Morgan fingerprint density at radius 3 is 2.25 bits per heavy atom. The van der Waals surface area contributed by atoms with Crippen LogP contribution in [-0.2, 0) is 0 Å². The van der Waals surface area contributed by atoms with E-state index in [4.69, 9.17) is 17.0 Å². The van der Waals surface area contributed by atoms with Gasteiger partial charge in [0, 0.05) is 11.3 Å². The predicted molar refractivity (Wildman–Crippen MR) is 118 cm³/mol. The smallest absolute Gasteiger partial charge is 0.257 e. The molecule has 0 aliphatic rings. The summed E-state index contributed by atoms with van der Waals surface area (Å²) in [5.41, 5.74) is 3.51. The number of ether oxygens (including phenoxy) is 1. The van der Waals surface area contributed by atoms with E-state index in [1.807, 2.05) is 68.4 Å². The second-order valence-corrected chi connectivity index (χ2v) is 6.95. The van der Waals surface area contributed by atoms with Gasteiger partial charge >= 0.3 is 0 Å². The second kappa shape index (κ2) is 9.15. The number of benzene rings is 3. The van der Waals surface area contributed by atoms with E-state index in [-0.39, 0.29) is 17.1 Å². The molecule has 0 atom stereocenters. The van der Waals surface area contributed by atoms with Crippen molar-refractivity contribution in [2.75, 3.05) is 5.32 Å². The van der Waals surface area contributed by atoms with E-state index in [1.165, 1.54) is 0 Å². The molecule has 0 aromatic heterocycles. The van der Waals surface area contributed by atoms with Crippen molar-refractivity contribution in [1.82, 2.24) is 5.32 Å². The summed E-state index contributed by atoms with van der Waals surface area (Å²) in [6, 6.07) is 24.9. The average molecular weight is 391 g/mol. The number of hydrogen-bond donors (Lipinski definition) is 2. The lowest BCUT2D eigenvalue weighted by molar-refractivity contribution is 0.0977. The lowest BCUT2D eigenvalue weighted by Gasteiger charge is -2.12. The number of anilines is 1. The first kappa shape index (κ1) is 19.6. The fraction of sp³-hybridized carbons (Fsp3) is 0.130. The molecule has 0 aliphatic carbocycles. The minimum absolute atomic E-state index is 0.0862. The first-order chi connectivity index (χ1) is 13.5. The summed E-state index contributed by atoms with van der Waals surface area (Å²) in [6.07, 6.45) is 0.0862. The number of thiocarbonyl (C=S) groups is 1. The molecule has 28 heavy (non-hydrogen) atoms. The molecular weight excluding hydrogens is 368 g/mol. The predicted octanol–water partition coefficient (Wildman–Crippen LogP) is 5.27. The largest absolute Gasteiger partial charge is 0.491 e. The SMILES string of the molecule is CC(C)Oc1ccc(C(=O)NC(=S)Nc2cccc(-c3ccccc3)c2)cc1. The van der Waals surface area contributed by atoms with E-state index in [2.05, 4.69) is 10.6 Å². The highest BCUT2D eigenvalue weighted by atomic mass is 32.1. The van der Waals surface area contributed by atoms with E-state index in [0.717, 1.165) is 22.6 Å². The van der Waals surface area contributed by atoms with Gasteiger partial charge in [-0.05, 0) is 73.6 Å². The summed E-state index contributed by atoms with van der Waals surface area (Å²) in [7, 11) is 0. The zero-order chi connectivity index (χ0) is 19.9. The van der Waals surface area contributed by atoms with Crippen LogP contribution in [0.25, 0.3) is 11.1 Å². The number of hydrogen-bond acceptors (Lipinski definition) is 3. The Kier molecular flexibility index (Phi) is 6.40. The molecule has 3 rings (SSSR count). The van der Waals surface area contributed by atoms with Gasteiger partial charge in [0.2, 0.25) is 0 Å². The van der Waals surface area contributed by atoms with Gasteiger partial charge in [-0.3, -0.25) is 10.1 Å². The van der Waals surface area contributed by atoms with Crippen LogP contribution in [0, 0.1) is 0 Å². The van der Waals surface area contributed by atoms with Crippen molar-refractivity contribution in [2.45, 2.75) is 20.0 Å². The van der Waals surface area contributed by atoms with Crippen LogP contribution in [0.3, 0.4) is 0 Å². The van der Waals surface area contributed by atoms with Crippen LogP contribution in [-0.4, -0.2) is 17.1 Å². The molecule has 0 unspecified atom stereocenters. The summed E-state index contributed by atoms with van der Waals surface area (Å²) < 4.78 is 5.59. The van der Waals surface area contributed by atoms with Crippen molar-refractivity contribution in [3.05, 3.63) is 84.4 Å². The maximum Gasteiger partial charge on any atom is 0.257 e. The fourth-order valence-corrected chi connectivity index (χ4v) is 2.91. The molecule has 0 aliphatic heterocycles. The van der Waals surface area contributed by atoms with Crippen molar-refractivity contribution < 1.29 is 9.53 Å². The van der Waals surface area contributed by atoms with E-state index in [1.54, 1.807) is 24.3 Å². The molecule has 142 valence electrons. The Morgan fingerprint density at radius 2 is 1.57 bits per heavy atom. The highest BCUT2D eigenvalue weighted by Crippen LogP contribution is 2.22. The molecule has 0 bridgehead atoms. The van der Waals surface area contributed by atoms with Crippen molar-refractivity contribution in [3.8, 4) is 16.9 Å². The summed E-state index contributed by atoms with van der Waals surface area (Å²) in [6.45, 7) is 3.91. The molecule has 4 nitrogen and oxygen atoms in total. The molecule has 0 saturated carbocycles. The van der Waals surface area contributed by atoms with Gasteiger partial charge in [0.05, 0.1) is 6.10 Å². The summed E-state index contributed by atoms with van der Waals surface area (Å²) in [5, 5.41) is 6.02. The lowest BCUT2D eigenvalue weighted by Crippen LogP contribution is -2.34. The van der Waals surface area contributed by atoms with Crippen LogP contribution in [0.4, 0.5) is 5.69 Å². The van der Waals surface area contributed by atoms with Crippen LogP contribution >= 0.6 is 12.2 Å². The quantitative estimate of drug-likeness (QED) is 0.583. The third-order valence-electron chi connectivity index (χ3n) is 3.94. The summed E-state index contributed by atoms with van der Waals surface area (Å²) in [5.74, 6) is 0.456. The van der Waals surface area contributed by atoms with Crippen molar-refractivity contribution >= 4 is 28.9 Å². The maximum absolute atomic E-state index is 12.4. The molecule has 3 aromatic carbocycles. The van der Waals surface area contributed by atoms with Crippen LogP contribution in [0.5, 0.6) is 5.75 Å². The van der Waals surface area contributed by atoms with Crippen molar-refractivity contribution in [2.24, 2.45) is 0 Å². The number of carbonyl (C=O) groups excluding carboxylic acids is 1.